The van der Waals surface area contributed by atoms with E-state index in [2.05, 4.69) is 0 Å². The van der Waals surface area contributed by atoms with Crippen LogP contribution < -0.4 is 20.6 Å². The molecule has 6 heteroatoms. The molecule has 25 heavy (non-hydrogen) atoms. The Labute approximate surface area is 144 Å². The van der Waals surface area contributed by atoms with Crippen molar-refractivity contribution >= 4 is 0 Å². The van der Waals surface area contributed by atoms with Crippen LogP contribution in [0.25, 0.3) is 5.69 Å². The summed E-state index contributed by atoms with van der Waals surface area (Å²) in [5.41, 5.74) is 0.284. The second kappa shape index (κ2) is 7.09. The largest absolute Gasteiger partial charge is 0.493 e. The monoisotopic (exact) mass is 338 g/mol. The van der Waals surface area contributed by atoms with E-state index in [0.29, 0.717) is 23.7 Å². The lowest BCUT2D eigenvalue weighted by atomic mass is 10.2. The highest BCUT2D eigenvalue weighted by molar-refractivity contribution is 5.48. The number of ether oxygens (including phenoxy) is 2. The fourth-order valence-electron chi connectivity index (χ4n) is 2.59. The number of methoxy groups -OCH3 is 2. The lowest BCUT2D eigenvalue weighted by Crippen LogP contribution is -2.40. The van der Waals surface area contributed by atoms with Crippen LogP contribution in [0.5, 0.6) is 11.5 Å². The van der Waals surface area contributed by atoms with Crippen LogP contribution in [0.2, 0.25) is 0 Å². The molecule has 0 spiro atoms. The standard InChI is InChI=1S/C19H18N2O4/c1-24-16-9-8-15(12-17(16)25-2)21-11-10-20(18(22)19(21)23)13-14-6-4-3-5-7-14/h3-12H,13H2,1-2H3. The van der Waals surface area contributed by atoms with Gasteiger partial charge in [0.25, 0.3) is 0 Å². The lowest BCUT2D eigenvalue weighted by Gasteiger charge is -2.12. The molecule has 0 N–H and O–H groups in total. The first kappa shape index (κ1) is 16.6. The van der Waals surface area contributed by atoms with Crippen LogP contribution >= 0.6 is 0 Å². The minimum atomic E-state index is -0.620. The molecule has 3 rings (SSSR count). The van der Waals surface area contributed by atoms with E-state index >= 15 is 0 Å². The van der Waals surface area contributed by atoms with Crippen LogP contribution in [0.3, 0.4) is 0 Å². The van der Waals surface area contributed by atoms with Gasteiger partial charge in [0.05, 0.1) is 26.5 Å². The molecule has 0 aliphatic rings. The van der Waals surface area contributed by atoms with Crippen LogP contribution in [0.1, 0.15) is 5.56 Å². The minimum Gasteiger partial charge on any atom is -0.493 e. The Hall–Kier alpha value is -3.28. The van der Waals surface area contributed by atoms with Gasteiger partial charge in [-0.1, -0.05) is 30.3 Å². The normalized spacial score (nSPS) is 10.5. The highest BCUT2D eigenvalue weighted by atomic mass is 16.5. The van der Waals surface area contributed by atoms with E-state index in [1.54, 1.807) is 30.6 Å². The van der Waals surface area contributed by atoms with Gasteiger partial charge in [-0.2, -0.15) is 0 Å². The van der Waals surface area contributed by atoms with Crippen molar-refractivity contribution in [3.63, 3.8) is 0 Å². The van der Waals surface area contributed by atoms with Gasteiger partial charge in [0.2, 0.25) is 0 Å². The maximum atomic E-state index is 12.5. The second-order valence-corrected chi connectivity index (χ2v) is 5.43. The fraction of sp³-hybridized carbons (Fsp3) is 0.158. The van der Waals surface area contributed by atoms with Gasteiger partial charge >= 0.3 is 11.1 Å². The van der Waals surface area contributed by atoms with Crippen molar-refractivity contribution in [3.05, 3.63) is 87.2 Å². The molecular weight excluding hydrogens is 320 g/mol. The molecule has 0 aliphatic carbocycles. The van der Waals surface area contributed by atoms with Crippen molar-refractivity contribution < 1.29 is 9.47 Å². The average Bonchev–Trinajstić information content (AvgIpc) is 2.66. The van der Waals surface area contributed by atoms with E-state index in [4.69, 9.17) is 9.47 Å². The number of aromatic nitrogens is 2. The second-order valence-electron chi connectivity index (χ2n) is 5.43. The molecule has 6 nitrogen and oxygen atoms in total. The summed E-state index contributed by atoms with van der Waals surface area (Å²) in [6.07, 6.45) is 3.18. The molecule has 0 fully saturated rings. The van der Waals surface area contributed by atoms with Crippen LogP contribution in [-0.2, 0) is 6.54 Å². The molecule has 0 aliphatic heterocycles. The zero-order valence-corrected chi connectivity index (χ0v) is 14.0. The molecule has 0 amide bonds. The molecule has 0 saturated heterocycles. The van der Waals surface area contributed by atoms with Gasteiger partial charge in [0.1, 0.15) is 0 Å². The third kappa shape index (κ3) is 3.33. The van der Waals surface area contributed by atoms with Crippen molar-refractivity contribution in [1.29, 1.82) is 0 Å². The van der Waals surface area contributed by atoms with Crippen LogP contribution in [0.4, 0.5) is 0 Å². The van der Waals surface area contributed by atoms with Gasteiger partial charge < -0.3 is 14.0 Å². The molecule has 0 unspecified atom stereocenters. The smallest absolute Gasteiger partial charge is 0.320 e. The molecule has 0 bridgehead atoms. The van der Waals surface area contributed by atoms with Crippen molar-refractivity contribution in [1.82, 2.24) is 9.13 Å². The third-order valence-electron chi connectivity index (χ3n) is 3.90. The Bertz CT molecular complexity index is 990. The van der Waals surface area contributed by atoms with Gasteiger partial charge in [-0.05, 0) is 17.7 Å². The predicted molar refractivity (Wildman–Crippen MR) is 94.9 cm³/mol. The summed E-state index contributed by atoms with van der Waals surface area (Å²) < 4.78 is 13.1. The maximum Gasteiger partial charge on any atom is 0.320 e. The van der Waals surface area contributed by atoms with Crippen LogP contribution in [0, 0.1) is 0 Å². The fourth-order valence-corrected chi connectivity index (χ4v) is 2.59. The highest BCUT2D eigenvalue weighted by Crippen LogP contribution is 2.28. The highest BCUT2D eigenvalue weighted by Gasteiger charge is 2.10. The topological polar surface area (TPSA) is 62.5 Å². The zero-order chi connectivity index (χ0) is 17.8. The van der Waals surface area contributed by atoms with E-state index in [-0.39, 0.29) is 0 Å². The van der Waals surface area contributed by atoms with Crippen LogP contribution in [-0.4, -0.2) is 23.4 Å². The number of hydrogen-bond acceptors (Lipinski definition) is 4. The summed E-state index contributed by atoms with van der Waals surface area (Å²) in [5, 5.41) is 0. The van der Waals surface area contributed by atoms with Crippen molar-refractivity contribution in [3.8, 4) is 17.2 Å². The Morgan fingerprint density at radius 3 is 2.24 bits per heavy atom. The van der Waals surface area contributed by atoms with E-state index < -0.39 is 11.1 Å². The summed E-state index contributed by atoms with van der Waals surface area (Å²) >= 11 is 0. The molecule has 0 atom stereocenters. The lowest BCUT2D eigenvalue weighted by molar-refractivity contribution is 0.355. The zero-order valence-electron chi connectivity index (χ0n) is 14.0. The third-order valence-corrected chi connectivity index (χ3v) is 3.90. The van der Waals surface area contributed by atoms with Gasteiger partial charge in [0.15, 0.2) is 11.5 Å². The van der Waals surface area contributed by atoms with E-state index in [1.165, 1.54) is 23.4 Å². The average molecular weight is 338 g/mol. The molecule has 0 radical (unpaired) electrons. The Balaban J connectivity index is 2.01. The predicted octanol–water partition coefficient (Wildman–Crippen LogP) is 2.06. The van der Waals surface area contributed by atoms with E-state index in [1.807, 2.05) is 30.3 Å². The quantitative estimate of drug-likeness (QED) is 0.668. The van der Waals surface area contributed by atoms with Gasteiger partial charge in [-0.15, -0.1) is 0 Å². The first-order valence-corrected chi connectivity index (χ1v) is 7.72. The number of rotatable bonds is 5. The first-order chi connectivity index (χ1) is 12.1. The molecule has 1 aromatic heterocycles. The van der Waals surface area contributed by atoms with E-state index in [0.717, 1.165) is 5.56 Å². The molecule has 128 valence electrons. The molecule has 2 aromatic carbocycles. The van der Waals surface area contributed by atoms with Gasteiger partial charge in [-0.25, -0.2) is 0 Å². The summed E-state index contributed by atoms with van der Waals surface area (Å²) in [6, 6.07) is 14.6. The first-order valence-electron chi connectivity index (χ1n) is 7.72. The Morgan fingerprint density at radius 2 is 1.56 bits per heavy atom. The van der Waals surface area contributed by atoms with Crippen molar-refractivity contribution in [2.24, 2.45) is 0 Å². The number of benzene rings is 2. The van der Waals surface area contributed by atoms with Crippen molar-refractivity contribution in [2.45, 2.75) is 6.54 Å². The molecule has 1 heterocycles. The number of hydrogen-bond donors (Lipinski definition) is 0. The Morgan fingerprint density at radius 1 is 0.840 bits per heavy atom. The summed E-state index contributed by atoms with van der Waals surface area (Å²) in [5.74, 6) is 1.04. The summed E-state index contributed by atoms with van der Waals surface area (Å²) in [4.78, 5) is 24.9. The van der Waals surface area contributed by atoms with E-state index in [9.17, 15) is 9.59 Å². The maximum absolute atomic E-state index is 12.5. The molecule has 0 saturated carbocycles. The van der Waals surface area contributed by atoms with Gasteiger partial charge in [0, 0.05) is 18.5 Å². The summed E-state index contributed by atoms with van der Waals surface area (Å²) in [6.45, 7) is 0.349. The molecule has 3 aromatic rings. The minimum absolute atomic E-state index is 0.349. The van der Waals surface area contributed by atoms with Crippen molar-refractivity contribution in [2.75, 3.05) is 14.2 Å². The van der Waals surface area contributed by atoms with Gasteiger partial charge in [-0.3, -0.25) is 14.2 Å². The summed E-state index contributed by atoms with van der Waals surface area (Å²) in [7, 11) is 3.05. The number of nitrogens with zero attached hydrogens (tertiary/aromatic N) is 2. The SMILES string of the molecule is COc1ccc(-n2ccn(Cc3ccccc3)c(=O)c2=O)cc1OC. The Kier molecular flexibility index (Phi) is 4.70. The molecular formula is C19H18N2O4. The van der Waals surface area contributed by atoms with Crippen LogP contribution in [0.15, 0.2) is 70.5 Å².